The molecule has 0 bridgehead atoms. The molecule has 0 aromatic carbocycles. The number of thiophene rings is 1. The zero-order valence-electron chi connectivity index (χ0n) is 16.7. The predicted octanol–water partition coefficient (Wildman–Crippen LogP) is 3.63. The predicted molar refractivity (Wildman–Crippen MR) is 121 cm³/mol. The molecule has 0 aliphatic carbocycles. The van der Waals surface area contributed by atoms with Crippen LogP contribution in [-0.2, 0) is 13.1 Å². The summed E-state index contributed by atoms with van der Waals surface area (Å²) < 4.78 is 2.84. The van der Waals surface area contributed by atoms with E-state index in [0.717, 1.165) is 44.1 Å². The van der Waals surface area contributed by atoms with Crippen LogP contribution >= 0.6 is 34.0 Å². The Labute approximate surface area is 185 Å². The van der Waals surface area contributed by atoms with Crippen LogP contribution in [-0.4, -0.2) is 55.9 Å². The van der Waals surface area contributed by atoms with Gasteiger partial charge in [-0.05, 0) is 25.8 Å². The lowest BCUT2D eigenvalue weighted by molar-refractivity contribution is 0.0788. The molecule has 4 aromatic rings. The number of hydrogen-bond donors (Lipinski definition) is 0. The largest absolute Gasteiger partial charge is 0.348 e. The van der Waals surface area contributed by atoms with Crippen LogP contribution in [0.2, 0.25) is 0 Å². The molecule has 5 rings (SSSR count). The van der Waals surface area contributed by atoms with Gasteiger partial charge in [-0.3, -0.25) is 4.79 Å². The number of fused-ring (bicyclic) bond motifs is 1. The van der Waals surface area contributed by atoms with Gasteiger partial charge in [-0.25, -0.2) is 14.6 Å². The summed E-state index contributed by atoms with van der Waals surface area (Å²) in [4.78, 5) is 27.8. The van der Waals surface area contributed by atoms with Crippen LogP contribution in [0, 0.1) is 6.92 Å². The second-order valence-electron chi connectivity index (χ2n) is 7.40. The van der Waals surface area contributed by atoms with E-state index in [0.29, 0.717) is 18.0 Å². The van der Waals surface area contributed by atoms with Crippen LogP contribution in [0.15, 0.2) is 17.6 Å². The number of aryl methyl sites for hydroxylation is 1. The molecule has 0 saturated carbocycles. The van der Waals surface area contributed by atoms with Gasteiger partial charge in [-0.15, -0.1) is 27.8 Å². The molecule has 1 saturated heterocycles. The first kappa shape index (κ1) is 19.6. The molecular weight excluding hydrogens is 438 g/mol. The Morgan fingerprint density at radius 2 is 2.03 bits per heavy atom. The second-order valence-corrected chi connectivity index (χ2v) is 10.5. The molecule has 4 aromatic heterocycles. The quantitative estimate of drug-likeness (QED) is 0.438. The summed E-state index contributed by atoms with van der Waals surface area (Å²) >= 11 is 4.77. The highest BCUT2D eigenvalue weighted by Gasteiger charge is 2.21. The summed E-state index contributed by atoms with van der Waals surface area (Å²) in [7, 11) is 1.79. The molecule has 1 aliphatic heterocycles. The van der Waals surface area contributed by atoms with Gasteiger partial charge in [0.25, 0.3) is 5.91 Å². The number of carbonyl (C=O) groups excluding carboxylic acids is 1. The molecule has 0 atom stereocenters. The maximum atomic E-state index is 12.9. The van der Waals surface area contributed by atoms with Crippen molar-refractivity contribution in [1.82, 2.24) is 29.9 Å². The van der Waals surface area contributed by atoms with Gasteiger partial charge < -0.3 is 9.80 Å². The summed E-state index contributed by atoms with van der Waals surface area (Å²) in [5.74, 6) is -0.0161. The van der Waals surface area contributed by atoms with Crippen LogP contribution in [0.4, 0.5) is 5.13 Å². The van der Waals surface area contributed by atoms with Crippen molar-refractivity contribution in [2.75, 3.05) is 25.0 Å². The summed E-state index contributed by atoms with van der Waals surface area (Å²) in [5, 5.41) is 12.5. The van der Waals surface area contributed by atoms with Crippen LogP contribution in [0.25, 0.3) is 9.53 Å². The Morgan fingerprint density at radius 3 is 2.77 bits per heavy atom. The number of thiazole rings is 2. The van der Waals surface area contributed by atoms with E-state index in [9.17, 15) is 4.79 Å². The van der Waals surface area contributed by atoms with Gasteiger partial charge in [0.2, 0.25) is 0 Å². The standard InChI is InChI=1S/C19H21N7OS3/c1-12-20-14(11-28-12)10-26-9-13(22-23-26)8-24(2)18(27)16-7-15-17(29-16)21-19(30-15)25-5-3-4-6-25/h7,9,11H,3-6,8,10H2,1-2H3. The third-order valence-corrected chi connectivity index (χ3v) is 8.02. The molecule has 30 heavy (non-hydrogen) atoms. The number of hydrogen-bond acceptors (Lipinski definition) is 9. The lowest BCUT2D eigenvalue weighted by Crippen LogP contribution is -2.25. The van der Waals surface area contributed by atoms with Crippen molar-refractivity contribution in [2.45, 2.75) is 32.9 Å². The first-order valence-electron chi connectivity index (χ1n) is 9.76. The lowest BCUT2D eigenvalue weighted by atomic mass is 10.3. The third kappa shape index (κ3) is 3.96. The fourth-order valence-corrected chi connectivity index (χ4v) is 6.37. The van der Waals surface area contributed by atoms with Crippen molar-refractivity contribution >= 4 is 54.6 Å². The highest BCUT2D eigenvalue weighted by molar-refractivity contribution is 7.29. The molecule has 1 amide bonds. The van der Waals surface area contributed by atoms with E-state index in [1.54, 1.807) is 39.3 Å². The highest BCUT2D eigenvalue weighted by atomic mass is 32.1. The summed E-state index contributed by atoms with van der Waals surface area (Å²) in [6.45, 7) is 5.14. The van der Waals surface area contributed by atoms with Crippen molar-refractivity contribution in [1.29, 1.82) is 0 Å². The number of aromatic nitrogens is 5. The molecule has 156 valence electrons. The van der Waals surface area contributed by atoms with Crippen LogP contribution in [0.5, 0.6) is 0 Å². The van der Waals surface area contributed by atoms with Crippen molar-refractivity contribution in [3.8, 4) is 0 Å². The van der Waals surface area contributed by atoms with Crippen molar-refractivity contribution in [3.63, 3.8) is 0 Å². The van der Waals surface area contributed by atoms with Crippen LogP contribution in [0.3, 0.4) is 0 Å². The average Bonchev–Trinajstić information content (AvgIpc) is 3.50. The van der Waals surface area contributed by atoms with E-state index >= 15 is 0 Å². The first-order chi connectivity index (χ1) is 14.5. The number of amides is 1. The Morgan fingerprint density at radius 1 is 1.20 bits per heavy atom. The van der Waals surface area contributed by atoms with Gasteiger partial charge >= 0.3 is 0 Å². The van der Waals surface area contributed by atoms with Crippen LogP contribution in [0.1, 0.15) is 38.9 Å². The molecule has 1 fully saturated rings. The molecule has 8 nitrogen and oxygen atoms in total. The number of nitrogens with zero attached hydrogens (tertiary/aromatic N) is 7. The van der Waals surface area contributed by atoms with Crippen molar-refractivity contribution < 1.29 is 4.79 Å². The Balaban J connectivity index is 1.24. The van der Waals surface area contributed by atoms with E-state index < -0.39 is 0 Å². The maximum absolute atomic E-state index is 12.9. The Bertz CT molecular complexity index is 1150. The Hall–Kier alpha value is -2.37. The van der Waals surface area contributed by atoms with E-state index in [4.69, 9.17) is 4.98 Å². The SMILES string of the molecule is Cc1nc(Cn2cc(CN(C)C(=O)c3cc4sc(N5CCCC5)nc4s3)nn2)cs1. The monoisotopic (exact) mass is 459 g/mol. The van der Waals surface area contributed by atoms with E-state index in [1.807, 2.05) is 24.6 Å². The third-order valence-electron chi connectivity index (χ3n) is 4.99. The Kier molecular flexibility index (Phi) is 5.25. The minimum atomic E-state index is -0.0161. The molecule has 0 unspecified atom stereocenters. The highest BCUT2D eigenvalue weighted by Crippen LogP contribution is 2.36. The van der Waals surface area contributed by atoms with Crippen molar-refractivity contribution in [2.24, 2.45) is 0 Å². The number of anilines is 1. The number of rotatable bonds is 6. The van der Waals surface area contributed by atoms with E-state index in [-0.39, 0.29) is 5.91 Å². The van der Waals surface area contributed by atoms with Gasteiger partial charge in [0.1, 0.15) is 10.5 Å². The van der Waals surface area contributed by atoms with Gasteiger partial charge in [0, 0.05) is 25.5 Å². The maximum Gasteiger partial charge on any atom is 0.264 e. The van der Waals surface area contributed by atoms with Gasteiger partial charge in [-0.2, -0.15) is 0 Å². The van der Waals surface area contributed by atoms with Crippen molar-refractivity contribution in [3.05, 3.63) is 38.9 Å². The first-order valence-corrected chi connectivity index (χ1v) is 12.3. The average molecular weight is 460 g/mol. The number of carbonyl (C=O) groups is 1. The molecule has 5 heterocycles. The molecule has 11 heteroatoms. The minimum Gasteiger partial charge on any atom is -0.348 e. The molecule has 0 N–H and O–H groups in total. The molecule has 0 radical (unpaired) electrons. The smallest absolute Gasteiger partial charge is 0.264 e. The normalized spacial score (nSPS) is 14.1. The van der Waals surface area contributed by atoms with E-state index in [2.05, 4.69) is 20.2 Å². The van der Waals surface area contributed by atoms with Gasteiger partial charge in [0.15, 0.2) is 5.13 Å². The summed E-state index contributed by atoms with van der Waals surface area (Å²) in [5.41, 5.74) is 1.73. The van der Waals surface area contributed by atoms with Gasteiger partial charge in [0.05, 0.1) is 39.6 Å². The van der Waals surface area contributed by atoms with Gasteiger partial charge in [-0.1, -0.05) is 16.6 Å². The topological polar surface area (TPSA) is 80.0 Å². The second kappa shape index (κ2) is 8.05. The summed E-state index contributed by atoms with van der Waals surface area (Å²) in [6.07, 6.45) is 4.33. The summed E-state index contributed by atoms with van der Waals surface area (Å²) in [6, 6.07) is 1.97. The minimum absolute atomic E-state index is 0.0161. The molecular formula is C19H21N7OS3. The molecule has 1 aliphatic rings. The lowest BCUT2D eigenvalue weighted by Gasteiger charge is -2.14. The zero-order valence-corrected chi connectivity index (χ0v) is 19.2. The molecule has 0 spiro atoms. The fourth-order valence-electron chi connectivity index (χ4n) is 3.51. The van der Waals surface area contributed by atoms with E-state index in [1.165, 1.54) is 24.2 Å². The van der Waals surface area contributed by atoms with Crippen LogP contribution < -0.4 is 4.90 Å². The zero-order chi connectivity index (χ0) is 20.7. The fraction of sp³-hybridized carbons (Fsp3) is 0.421.